The number of anilines is 1. The Morgan fingerprint density at radius 3 is 2.52 bits per heavy atom. The topological polar surface area (TPSA) is 37.4 Å². The first-order chi connectivity index (χ1) is 11.8. The summed E-state index contributed by atoms with van der Waals surface area (Å²) in [6, 6.07) is 11.4. The number of carbonyl (C=O) groups is 2. The van der Waals surface area contributed by atoms with Crippen molar-refractivity contribution in [1.82, 2.24) is 0 Å². The van der Waals surface area contributed by atoms with Crippen molar-refractivity contribution in [2.75, 3.05) is 11.9 Å². The molecule has 25 heavy (non-hydrogen) atoms. The lowest BCUT2D eigenvalue weighted by atomic mass is 9.76. The van der Waals surface area contributed by atoms with E-state index in [0.29, 0.717) is 12.0 Å². The third kappa shape index (κ3) is 3.38. The number of nitrogens with zero attached hydrogens (tertiary/aromatic N) is 1. The number of allylic oxidation sites excluding steroid dienone is 1. The molecule has 0 radical (unpaired) electrons. The molecule has 0 atom stereocenters. The maximum atomic E-state index is 12.9. The molecular weight excluding hydrogens is 317 g/mol. The SMILES string of the molecule is CN1C(=O)CC(C)(C)c2cc(C(=O)/C=C/c3ccc(F)cc3)ccc21. The van der Waals surface area contributed by atoms with Crippen molar-refractivity contribution in [1.29, 1.82) is 0 Å². The van der Waals surface area contributed by atoms with E-state index in [9.17, 15) is 14.0 Å². The summed E-state index contributed by atoms with van der Waals surface area (Å²) in [7, 11) is 1.76. The molecule has 3 rings (SSSR count). The highest BCUT2D eigenvalue weighted by atomic mass is 19.1. The maximum Gasteiger partial charge on any atom is 0.227 e. The molecule has 0 aliphatic carbocycles. The molecule has 0 unspecified atom stereocenters. The van der Waals surface area contributed by atoms with Gasteiger partial charge in [0.05, 0.1) is 0 Å². The van der Waals surface area contributed by atoms with Crippen LogP contribution in [-0.2, 0) is 10.2 Å². The Kier molecular flexibility index (Phi) is 4.29. The molecule has 1 aliphatic rings. The first-order valence-corrected chi connectivity index (χ1v) is 8.17. The molecule has 1 amide bonds. The van der Waals surface area contributed by atoms with Gasteiger partial charge in [-0.15, -0.1) is 0 Å². The van der Waals surface area contributed by atoms with Crippen LogP contribution in [0.25, 0.3) is 6.08 Å². The van der Waals surface area contributed by atoms with E-state index in [-0.39, 0.29) is 22.9 Å². The molecule has 1 heterocycles. The quantitative estimate of drug-likeness (QED) is 0.616. The monoisotopic (exact) mass is 337 g/mol. The molecule has 0 aromatic heterocycles. The zero-order valence-electron chi connectivity index (χ0n) is 14.5. The summed E-state index contributed by atoms with van der Waals surface area (Å²) < 4.78 is 12.9. The van der Waals surface area contributed by atoms with Gasteiger partial charge >= 0.3 is 0 Å². The van der Waals surface area contributed by atoms with E-state index in [1.807, 2.05) is 26.0 Å². The smallest absolute Gasteiger partial charge is 0.227 e. The number of hydrogen-bond acceptors (Lipinski definition) is 2. The van der Waals surface area contributed by atoms with E-state index in [1.54, 1.807) is 36.2 Å². The average molecular weight is 337 g/mol. The fraction of sp³-hybridized carbons (Fsp3) is 0.238. The minimum atomic E-state index is -0.310. The fourth-order valence-electron chi connectivity index (χ4n) is 3.09. The number of benzene rings is 2. The van der Waals surface area contributed by atoms with Crippen LogP contribution in [0.1, 0.15) is 41.8 Å². The predicted octanol–water partition coefficient (Wildman–Crippen LogP) is 4.37. The van der Waals surface area contributed by atoms with Crippen molar-refractivity contribution in [2.24, 2.45) is 0 Å². The lowest BCUT2D eigenvalue weighted by Crippen LogP contribution is -2.39. The van der Waals surface area contributed by atoms with Gasteiger partial charge in [0, 0.05) is 30.1 Å². The van der Waals surface area contributed by atoms with Gasteiger partial charge in [-0.25, -0.2) is 4.39 Å². The number of ketones is 1. The van der Waals surface area contributed by atoms with Crippen LogP contribution in [0, 0.1) is 5.82 Å². The Morgan fingerprint density at radius 2 is 1.84 bits per heavy atom. The number of fused-ring (bicyclic) bond motifs is 1. The first kappa shape index (κ1) is 17.1. The van der Waals surface area contributed by atoms with Gasteiger partial charge in [-0.3, -0.25) is 9.59 Å². The Morgan fingerprint density at radius 1 is 1.16 bits per heavy atom. The molecular formula is C21H20FNO2. The Balaban J connectivity index is 1.90. The summed E-state index contributed by atoms with van der Waals surface area (Å²) in [6.45, 7) is 4.03. The van der Waals surface area contributed by atoms with Gasteiger partial charge in [-0.05, 0) is 47.5 Å². The van der Waals surface area contributed by atoms with Crippen molar-refractivity contribution < 1.29 is 14.0 Å². The summed E-state index contributed by atoms with van der Waals surface area (Å²) in [5.41, 5.74) is 2.87. The molecule has 0 bridgehead atoms. The molecule has 2 aromatic carbocycles. The third-order valence-corrected chi connectivity index (χ3v) is 4.64. The molecule has 2 aromatic rings. The van der Waals surface area contributed by atoms with E-state index >= 15 is 0 Å². The molecule has 0 spiro atoms. The van der Waals surface area contributed by atoms with Crippen LogP contribution in [0.4, 0.5) is 10.1 Å². The van der Waals surface area contributed by atoms with Gasteiger partial charge in [0.1, 0.15) is 5.82 Å². The molecule has 0 saturated heterocycles. The number of halogens is 1. The molecule has 0 fully saturated rings. The molecule has 0 N–H and O–H groups in total. The summed E-state index contributed by atoms with van der Waals surface area (Å²) in [5, 5.41) is 0. The molecule has 0 saturated carbocycles. The summed E-state index contributed by atoms with van der Waals surface area (Å²) in [4.78, 5) is 26.2. The largest absolute Gasteiger partial charge is 0.315 e. The highest BCUT2D eigenvalue weighted by Gasteiger charge is 2.35. The second-order valence-corrected chi connectivity index (χ2v) is 6.99. The van der Waals surface area contributed by atoms with E-state index in [4.69, 9.17) is 0 Å². The number of carbonyl (C=O) groups excluding carboxylic acids is 2. The maximum absolute atomic E-state index is 12.9. The van der Waals surface area contributed by atoms with Crippen molar-refractivity contribution in [3.8, 4) is 0 Å². The first-order valence-electron chi connectivity index (χ1n) is 8.17. The van der Waals surface area contributed by atoms with Gasteiger partial charge in [0.25, 0.3) is 0 Å². The lowest BCUT2D eigenvalue weighted by Gasteiger charge is -2.37. The summed E-state index contributed by atoms with van der Waals surface area (Å²) in [6.07, 6.45) is 3.57. The molecule has 128 valence electrons. The van der Waals surface area contributed by atoms with E-state index < -0.39 is 0 Å². The number of amides is 1. The van der Waals surface area contributed by atoms with Crippen LogP contribution in [0.3, 0.4) is 0 Å². The second-order valence-electron chi connectivity index (χ2n) is 6.99. The number of hydrogen-bond donors (Lipinski definition) is 0. The van der Waals surface area contributed by atoms with Gasteiger partial charge < -0.3 is 4.90 Å². The molecule has 1 aliphatic heterocycles. The van der Waals surface area contributed by atoms with Crippen LogP contribution in [-0.4, -0.2) is 18.7 Å². The Hall–Kier alpha value is -2.75. The van der Waals surface area contributed by atoms with Gasteiger partial charge in [0.2, 0.25) is 5.91 Å². The van der Waals surface area contributed by atoms with Gasteiger partial charge in [0.15, 0.2) is 5.78 Å². The summed E-state index contributed by atoms with van der Waals surface area (Å²) in [5.74, 6) is -0.352. The standard InChI is InChI=1S/C21H20FNO2/c1-21(2)13-20(25)23(3)18-10-7-15(12-17(18)21)19(24)11-6-14-4-8-16(22)9-5-14/h4-12H,13H2,1-3H3/b11-6+. The van der Waals surface area contributed by atoms with Crippen LogP contribution in [0.2, 0.25) is 0 Å². The zero-order chi connectivity index (χ0) is 18.2. The van der Waals surface area contributed by atoms with Crippen molar-refractivity contribution in [3.05, 3.63) is 71.0 Å². The lowest BCUT2D eigenvalue weighted by molar-refractivity contribution is -0.119. The van der Waals surface area contributed by atoms with Crippen molar-refractivity contribution >= 4 is 23.5 Å². The van der Waals surface area contributed by atoms with E-state index in [2.05, 4.69) is 0 Å². The Labute approximate surface area is 146 Å². The predicted molar refractivity (Wildman–Crippen MR) is 97.3 cm³/mol. The normalized spacial score (nSPS) is 16.2. The minimum Gasteiger partial charge on any atom is -0.315 e. The highest BCUT2D eigenvalue weighted by Crippen LogP contribution is 2.40. The second kappa shape index (κ2) is 6.28. The van der Waals surface area contributed by atoms with Crippen LogP contribution in [0.5, 0.6) is 0 Å². The fourth-order valence-corrected chi connectivity index (χ4v) is 3.09. The average Bonchev–Trinajstić information content (AvgIpc) is 2.58. The summed E-state index contributed by atoms with van der Waals surface area (Å²) >= 11 is 0. The Bertz CT molecular complexity index is 866. The van der Waals surface area contributed by atoms with Crippen molar-refractivity contribution in [2.45, 2.75) is 25.7 Å². The van der Waals surface area contributed by atoms with Gasteiger partial charge in [-0.2, -0.15) is 0 Å². The van der Waals surface area contributed by atoms with Crippen molar-refractivity contribution in [3.63, 3.8) is 0 Å². The minimum absolute atomic E-state index is 0.0767. The number of rotatable bonds is 3. The van der Waals surface area contributed by atoms with Crippen LogP contribution >= 0.6 is 0 Å². The van der Waals surface area contributed by atoms with E-state index in [0.717, 1.165) is 16.8 Å². The van der Waals surface area contributed by atoms with Gasteiger partial charge in [-0.1, -0.05) is 32.1 Å². The van der Waals surface area contributed by atoms with E-state index in [1.165, 1.54) is 18.2 Å². The van der Waals surface area contributed by atoms with Crippen LogP contribution in [0.15, 0.2) is 48.5 Å². The van der Waals surface area contributed by atoms with Crippen LogP contribution < -0.4 is 4.90 Å². The molecule has 4 heteroatoms. The zero-order valence-corrected chi connectivity index (χ0v) is 14.5. The molecule has 3 nitrogen and oxygen atoms in total. The highest BCUT2D eigenvalue weighted by molar-refractivity contribution is 6.08. The third-order valence-electron chi connectivity index (χ3n) is 4.64.